The van der Waals surface area contributed by atoms with Crippen molar-refractivity contribution in [2.45, 2.75) is 44.1 Å². The highest BCUT2D eigenvalue weighted by molar-refractivity contribution is 5.93. The van der Waals surface area contributed by atoms with Gasteiger partial charge < -0.3 is 45.7 Å². The summed E-state index contributed by atoms with van der Waals surface area (Å²) in [7, 11) is 3.05. The number of benzene rings is 3. The number of hydrogen-bond donors (Lipinski definition) is 6. The van der Waals surface area contributed by atoms with E-state index in [0.29, 0.717) is 28.2 Å². The molecule has 3 aromatic carbocycles. The highest BCUT2D eigenvalue weighted by atomic mass is 16.5. The van der Waals surface area contributed by atoms with Gasteiger partial charge in [0.25, 0.3) is 0 Å². The topological polar surface area (TPSA) is 202 Å². The molecule has 0 radical (unpaired) electrons. The van der Waals surface area contributed by atoms with Crippen molar-refractivity contribution in [3.63, 3.8) is 0 Å². The van der Waals surface area contributed by atoms with Crippen molar-refractivity contribution < 1.29 is 48.4 Å². The van der Waals surface area contributed by atoms with Crippen LogP contribution in [0.1, 0.15) is 36.1 Å². The normalized spacial score (nSPS) is 12.6. The van der Waals surface area contributed by atoms with E-state index in [0.717, 1.165) is 0 Å². The fraction of sp³-hybridized carbons (Fsp3) is 0.303. The number of methoxy groups -OCH3 is 2. The number of aliphatic carboxylic acids is 2. The molecule has 3 aromatic rings. The number of ether oxygens (including phenoxy) is 3. The molecule has 250 valence electrons. The molecule has 3 amide bonds. The Labute approximate surface area is 271 Å². The lowest BCUT2D eigenvalue weighted by Crippen LogP contribution is -2.58. The maximum absolute atomic E-state index is 13.5. The molecule has 0 unspecified atom stereocenters. The number of carbonyl (C=O) groups is 5. The largest absolute Gasteiger partial charge is 0.497 e. The number of amides is 3. The van der Waals surface area contributed by atoms with E-state index in [1.807, 2.05) is 0 Å². The SMILES string of the molecule is COc1ccc(C(NC(=O)C[C@H](NC(=O)OCc2ccccc2)C(=O)N[C@H](C(=O)O)[C@@H](C)NCC(=O)O)c2ccc(OC)cc2)cc1. The Bertz CT molecular complexity index is 1450. The third-order valence-electron chi connectivity index (χ3n) is 7.05. The van der Waals surface area contributed by atoms with Gasteiger partial charge in [0.05, 0.1) is 33.2 Å². The van der Waals surface area contributed by atoms with Crippen LogP contribution in [0.25, 0.3) is 0 Å². The van der Waals surface area contributed by atoms with Gasteiger partial charge in [-0.1, -0.05) is 54.6 Å². The predicted molar refractivity (Wildman–Crippen MR) is 169 cm³/mol. The first-order valence-electron chi connectivity index (χ1n) is 14.5. The van der Waals surface area contributed by atoms with Crippen LogP contribution >= 0.6 is 0 Å². The molecule has 0 aliphatic carbocycles. The summed E-state index contributed by atoms with van der Waals surface area (Å²) in [5.74, 6) is -3.15. The molecule has 47 heavy (non-hydrogen) atoms. The molecule has 6 N–H and O–H groups in total. The monoisotopic (exact) mass is 650 g/mol. The average molecular weight is 651 g/mol. The van der Waals surface area contributed by atoms with E-state index in [9.17, 15) is 29.1 Å². The highest BCUT2D eigenvalue weighted by Gasteiger charge is 2.32. The lowest BCUT2D eigenvalue weighted by molar-refractivity contribution is -0.143. The molecule has 0 spiro atoms. The summed E-state index contributed by atoms with van der Waals surface area (Å²) in [5, 5.41) is 28.7. The molecular formula is C33H38N4O10. The van der Waals surface area contributed by atoms with Crippen LogP contribution < -0.4 is 30.7 Å². The van der Waals surface area contributed by atoms with Gasteiger partial charge in [0, 0.05) is 6.04 Å². The zero-order valence-corrected chi connectivity index (χ0v) is 26.1. The van der Waals surface area contributed by atoms with Crippen LogP contribution in [0.2, 0.25) is 0 Å². The minimum Gasteiger partial charge on any atom is -0.497 e. The summed E-state index contributed by atoms with van der Waals surface area (Å²) in [5.41, 5.74) is 2.04. The van der Waals surface area contributed by atoms with E-state index >= 15 is 0 Å². The van der Waals surface area contributed by atoms with Gasteiger partial charge in [-0.05, 0) is 47.9 Å². The van der Waals surface area contributed by atoms with Crippen molar-refractivity contribution in [1.29, 1.82) is 0 Å². The highest BCUT2D eigenvalue weighted by Crippen LogP contribution is 2.26. The van der Waals surface area contributed by atoms with Crippen LogP contribution in [0.5, 0.6) is 11.5 Å². The number of carboxylic acid groups (broad SMARTS) is 2. The van der Waals surface area contributed by atoms with Crippen molar-refractivity contribution in [1.82, 2.24) is 21.3 Å². The van der Waals surface area contributed by atoms with Gasteiger partial charge in [0.15, 0.2) is 0 Å². The Kier molecular flexibility index (Phi) is 13.5. The van der Waals surface area contributed by atoms with E-state index < -0.39 is 67.0 Å². The fourth-order valence-electron chi connectivity index (χ4n) is 4.49. The Morgan fingerprint density at radius 3 is 1.79 bits per heavy atom. The van der Waals surface area contributed by atoms with E-state index in [-0.39, 0.29) is 6.61 Å². The second-order valence-corrected chi connectivity index (χ2v) is 10.4. The van der Waals surface area contributed by atoms with Crippen molar-refractivity contribution in [3.8, 4) is 11.5 Å². The van der Waals surface area contributed by atoms with Crippen LogP contribution in [-0.2, 0) is 30.5 Å². The van der Waals surface area contributed by atoms with Crippen molar-refractivity contribution in [2.75, 3.05) is 20.8 Å². The van der Waals surface area contributed by atoms with E-state index in [2.05, 4.69) is 21.3 Å². The van der Waals surface area contributed by atoms with Crippen molar-refractivity contribution in [3.05, 3.63) is 95.6 Å². The Balaban J connectivity index is 1.84. The number of carboxylic acids is 2. The van der Waals surface area contributed by atoms with Crippen LogP contribution in [0, 0.1) is 0 Å². The molecular weight excluding hydrogens is 612 g/mol. The second-order valence-electron chi connectivity index (χ2n) is 10.4. The van der Waals surface area contributed by atoms with Crippen LogP contribution in [0.15, 0.2) is 78.9 Å². The minimum absolute atomic E-state index is 0.127. The zero-order valence-electron chi connectivity index (χ0n) is 26.1. The van der Waals surface area contributed by atoms with Gasteiger partial charge in [-0.2, -0.15) is 0 Å². The molecule has 0 heterocycles. The summed E-state index contributed by atoms with van der Waals surface area (Å²) in [4.78, 5) is 62.7. The number of rotatable bonds is 17. The molecule has 0 fully saturated rings. The quantitative estimate of drug-likeness (QED) is 0.125. The lowest BCUT2D eigenvalue weighted by atomic mass is 9.98. The third-order valence-corrected chi connectivity index (χ3v) is 7.05. The summed E-state index contributed by atoms with van der Waals surface area (Å²) < 4.78 is 15.7. The molecule has 14 nitrogen and oxygen atoms in total. The number of hydrogen-bond acceptors (Lipinski definition) is 9. The van der Waals surface area contributed by atoms with Gasteiger partial charge in [-0.25, -0.2) is 9.59 Å². The smallest absolute Gasteiger partial charge is 0.408 e. The van der Waals surface area contributed by atoms with Gasteiger partial charge in [0.2, 0.25) is 11.8 Å². The van der Waals surface area contributed by atoms with Gasteiger partial charge >= 0.3 is 18.0 Å². The summed E-state index contributed by atoms with van der Waals surface area (Å²) in [6, 6.07) is 17.8. The van der Waals surface area contributed by atoms with Crippen LogP contribution in [0.3, 0.4) is 0 Å². The third kappa shape index (κ3) is 11.3. The Hall–Kier alpha value is -5.63. The first-order chi connectivity index (χ1) is 22.5. The maximum atomic E-state index is 13.5. The average Bonchev–Trinajstić information content (AvgIpc) is 3.07. The van der Waals surface area contributed by atoms with E-state index in [4.69, 9.17) is 19.3 Å². The molecule has 0 saturated carbocycles. The molecule has 0 aliphatic rings. The van der Waals surface area contributed by atoms with E-state index in [1.54, 1.807) is 78.9 Å². The first-order valence-corrected chi connectivity index (χ1v) is 14.5. The number of alkyl carbamates (subject to hydrolysis) is 1. The Morgan fingerprint density at radius 2 is 1.30 bits per heavy atom. The maximum Gasteiger partial charge on any atom is 0.408 e. The predicted octanol–water partition coefficient (Wildman–Crippen LogP) is 2.23. The molecule has 3 rings (SSSR count). The molecule has 14 heteroatoms. The van der Waals surface area contributed by atoms with Gasteiger partial charge in [0.1, 0.15) is 30.2 Å². The number of carbonyl (C=O) groups excluding carboxylic acids is 3. The molecule has 0 saturated heterocycles. The van der Waals surface area contributed by atoms with Gasteiger partial charge in [-0.15, -0.1) is 0 Å². The van der Waals surface area contributed by atoms with Crippen LogP contribution in [-0.4, -0.2) is 78.9 Å². The molecule has 0 bridgehead atoms. The van der Waals surface area contributed by atoms with E-state index in [1.165, 1.54) is 21.1 Å². The summed E-state index contributed by atoms with van der Waals surface area (Å²) in [6.45, 7) is 0.687. The van der Waals surface area contributed by atoms with Gasteiger partial charge in [-0.3, -0.25) is 14.4 Å². The summed E-state index contributed by atoms with van der Waals surface area (Å²) in [6.07, 6.45) is -1.62. The molecule has 0 aliphatic heterocycles. The molecule has 3 atom stereocenters. The second kappa shape index (κ2) is 17.8. The Morgan fingerprint density at radius 1 is 0.745 bits per heavy atom. The van der Waals surface area contributed by atoms with Crippen molar-refractivity contribution in [2.24, 2.45) is 0 Å². The lowest BCUT2D eigenvalue weighted by Gasteiger charge is -2.26. The summed E-state index contributed by atoms with van der Waals surface area (Å²) >= 11 is 0. The standard InChI is InChI=1S/C33H38N4O10/c1-20(34-18-28(39)40)29(32(42)43)37-31(41)26(35-33(44)47-19-21-7-5-4-6-8-21)17-27(38)36-30(22-9-13-24(45-2)14-10-22)23-11-15-25(46-3)16-12-23/h4-16,20,26,29-30,34H,17-19H2,1-3H3,(H,35,44)(H,36,38)(H,37,41)(H,39,40)(H,42,43)/t20-,26+,29+/m1/s1. The first kappa shape index (κ1) is 35.8. The van der Waals surface area contributed by atoms with Crippen LogP contribution in [0.4, 0.5) is 4.79 Å². The minimum atomic E-state index is -1.60. The van der Waals surface area contributed by atoms with Crippen molar-refractivity contribution >= 4 is 29.8 Å². The fourth-order valence-corrected chi connectivity index (χ4v) is 4.49. The number of nitrogens with one attached hydrogen (secondary N) is 4. The zero-order chi connectivity index (χ0) is 34.3. The molecule has 0 aromatic heterocycles.